The van der Waals surface area contributed by atoms with Crippen LogP contribution in [-0.2, 0) is 6.54 Å². The zero-order valence-electron chi connectivity index (χ0n) is 10.8. The van der Waals surface area contributed by atoms with Gasteiger partial charge in [-0.1, -0.05) is 28.1 Å². The second kappa shape index (κ2) is 6.17. The van der Waals surface area contributed by atoms with E-state index in [0.717, 1.165) is 10.0 Å². The van der Waals surface area contributed by atoms with E-state index in [1.807, 2.05) is 25.2 Å². The fraction of sp³-hybridized carbons (Fsp3) is 0.200. The minimum Gasteiger partial charge on any atom is -0.454 e. The number of ether oxygens (including phenoxy) is 1. The van der Waals surface area contributed by atoms with E-state index in [0.29, 0.717) is 17.9 Å². The minimum absolute atomic E-state index is 0.250. The van der Waals surface area contributed by atoms with Crippen molar-refractivity contribution in [3.63, 3.8) is 0 Å². The van der Waals surface area contributed by atoms with Crippen LogP contribution < -0.4 is 10.1 Å². The van der Waals surface area contributed by atoms with Crippen molar-refractivity contribution in [2.75, 3.05) is 7.05 Å². The van der Waals surface area contributed by atoms with E-state index in [1.165, 1.54) is 0 Å². The molecule has 0 aliphatic carbocycles. The number of hydrogen-bond donors (Lipinski definition) is 1. The molecular formula is C15H15BrFNO. The lowest BCUT2D eigenvalue weighted by molar-refractivity contribution is 0.434. The molecule has 0 aliphatic heterocycles. The van der Waals surface area contributed by atoms with E-state index in [2.05, 4.69) is 21.2 Å². The summed E-state index contributed by atoms with van der Waals surface area (Å²) in [6.45, 7) is 2.38. The summed E-state index contributed by atoms with van der Waals surface area (Å²) in [6.07, 6.45) is 0. The second-order valence-corrected chi connectivity index (χ2v) is 5.19. The number of aryl methyl sites for hydroxylation is 1. The van der Waals surface area contributed by atoms with E-state index in [1.54, 1.807) is 25.1 Å². The fourth-order valence-corrected chi connectivity index (χ4v) is 2.20. The molecule has 0 spiro atoms. The molecule has 1 N–H and O–H groups in total. The average Bonchev–Trinajstić information content (AvgIpc) is 2.38. The lowest BCUT2D eigenvalue weighted by Crippen LogP contribution is -2.06. The highest BCUT2D eigenvalue weighted by Gasteiger charge is 2.10. The molecule has 4 heteroatoms. The van der Waals surface area contributed by atoms with Gasteiger partial charge in [-0.3, -0.25) is 0 Å². The molecule has 0 heterocycles. The van der Waals surface area contributed by atoms with Gasteiger partial charge in [0.2, 0.25) is 0 Å². The van der Waals surface area contributed by atoms with Crippen molar-refractivity contribution < 1.29 is 9.13 Å². The summed E-state index contributed by atoms with van der Waals surface area (Å²) in [6, 6.07) is 10.8. The third-order valence-corrected chi connectivity index (χ3v) is 3.26. The Balaban J connectivity index is 2.35. The maximum absolute atomic E-state index is 13.9. The molecule has 19 heavy (non-hydrogen) atoms. The van der Waals surface area contributed by atoms with Gasteiger partial charge in [-0.25, -0.2) is 4.39 Å². The van der Waals surface area contributed by atoms with E-state index in [9.17, 15) is 4.39 Å². The maximum Gasteiger partial charge on any atom is 0.168 e. The summed E-state index contributed by atoms with van der Waals surface area (Å²) in [5.74, 6) is 0.586. The van der Waals surface area contributed by atoms with Gasteiger partial charge in [0.1, 0.15) is 5.75 Å². The van der Waals surface area contributed by atoms with E-state index >= 15 is 0 Å². The van der Waals surface area contributed by atoms with Crippen LogP contribution in [0, 0.1) is 12.7 Å². The van der Waals surface area contributed by atoms with Crippen LogP contribution in [0.3, 0.4) is 0 Å². The third-order valence-electron chi connectivity index (χ3n) is 2.77. The maximum atomic E-state index is 13.9. The van der Waals surface area contributed by atoms with Gasteiger partial charge in [-0.15, -0.1) is 0 Å². The molecule has 2 aromatic rings. The molecule has 0 unspecified atom stereocenters. The van der Waals surface area contributed by atoms with Crippen LogP contribution in [0.2, 0.25) is 0 Å². The minimum atomic E-state index is -0.319. The van der Waals surface area contributed by atoms with E-state index in [-0.39, 0.29) is 11.6 Å². The van der Waals surface area contributed by atoms with Crippen LogP contribution in [0.25, 0.3) is 0 Å². The first-order valence-corrected chi connectivity index (χ1v) is 6.77. The molecular weight excluding hydrogens is 309 g/mol. The van der Waals surface area contributed by atoms with Gasteiger partial charge in [-0.2, -0.15) is 0 Å². The van der Waals surface area contributed by atoms with E-state index < -0.39 is 0 Å². The highest BCUT2D eigenvalue weighted by Crippen LogP contribution is 2.30. The van der Waals surface area contributed by atoms with Gasteiger partial charge >= 0.3 is 0 Å². The molecule has 0 amide bonds. The monoisotopic (exact) mass is 323 g/mol. The average molecular weight is 324 g/mol. The quantitative estimate of drug-likeness (QED) is 0.899. The normalized spacial score (nSPS) is 10.5. The Morgan fingerprint density at radius 2 is 2.00 bits per heavy atom. The summed E-state index contributed by atoms with van der Waals surface area (Å²) < 4.78 is 20.6. The summed E-state index contributed by atoms with van der Waals surface area (Å²) in [4.78, 5) is 0. The van der Waals surface area contributed by atoms with Crippen molar-refractivity contribution in [2.24, 2.45) is 0 Å². The molecule has 0 radical (unpaired) electrons. The van der Waals surface area contributed by atoms with Gasteiger partial charge in [-0.05, 0) is 43.8 Å². The summed E-state index contributed by atoms with van der Waals surface area (Å²) in [7, 11) is 1.86. The zero-order chi connectivity index (χ0) is 13.8. The first-order chi connectivity index (χ1) is 9.11. The lowest BCUT2D eigenvalue weighted by Gasteiger charge is -2.12. The van der Waals surface area contributed by atoms with Crippen LogP contribution in [-0.4, -0.2) is 7.05 Å². The smallest absolute Gasteiger partial charge is 0.168 e. The first kappa shape index (κ1) is 14.0. The number of rotatable bonds is 4. The topological polar surface area (TPSA) is 21.3 Å². The van der Waals surface area contributed by atoms with Crippen molar-refractivity contribution in [3.05, 3.63) is 57.8 Å². The predicted octanol–water partition coefficient (Wildman–Crippen LogP) is 4.41. The first-order valence-electron chi connectivity index (χ1n) is 5.98. The zero-order valence-corrected chi connectivity index (χ0v) is 12.4. The van der Waals surface area contributed by atoms with Gasteiger partial charge in [0, 0.05) is 16.6 Å². The Kier molecular flexibility index (Phi) is 4.56. The molecule has 100 valence electrons. The van der Waals surface area contributed by atoms with Gasteiger partial charge < -0.3 is 10.1 Å². The van der Waals surface area contributed by atoms with Gasteiger partial charge in [0.25, 0.3) is 0 Å². The van der Waals surface area contributed by atoms with Crippen molar-refractivity contribution in [1.29, 1.82) is 0 Å². The SMILES string of the molecule is CNCc1cc(Br)ccc1Oc1cccc(C)c1F. The Hall–Kier alpha value is -1.39. The van der Waals surface area contributed by atoms with Crippen molar-refractivity contribution in [2.45, 2.75) is 13.5 Å². The molecule has 2 aromatic carbocycles. The lowest BCUT2D eigenvalue weighted by atomic mass is 10.2. The van der Waals surface area contributed by atoms with E-state index in [4.69, 9.17) is 4.74 Å². The van der Waals surface area contributed by atoms with Crippen LogP contribution >= 0.6 is 15.9 Å². The second-order valence-electron chi connectivity index (χ2n) is 4.27. The summed E-state index contributed by atoms with van der Waals surface area (Å²) in [5, 5.41) is 3.07. The standard InChI is InChI=1S/C15H15BrFNO/c1-10-4-3-5-14(15(10)17)19-13-7-6-12(16)8-11(13)9-18-2/h3-8,18H,9H2,1-2H3. The summed E-state index contributed by atoms with van der Waals surface area (Å²) >= 11 is 3.42. The number of hydrogen-bond acceptors (Lipinski definition) is 2. The molecule has 0 fully saturated rings. The third kappa shape index (κ3) is 3.33. The molecule has 2 rings (SSSR count). The van der Waals surface area contributed by atoms with Crippen molar-refractivity contribution >= 4 is 15.9 Å². The molecule has 0 bridgehead atoms. The Morgan fingerprint density at radius 3 is 2.74 bits per heavy atom. The number of benzene rings is 2. The van der Waals surface area contributed by atoms with Crippen molar-refractivity contribution in [1.82, 2.24) is 5.32 Å². The Bertz CT molecular complexity index is 586. The largest absolute Gasteiger partial charge is 0.454 e. The van der Waals surface area contributed by atoms with Crippen LogP contribution in [0.1, 0.15) is 11.1 Å². The van der Waals surface area contributed by atoms with Crippen LogP contribution in [0.4, 0.5) is 4.39 Å². The number of nitrogens with one attached hydrogen (secondary N) is 1. The predicted molar refractivity (Wildman–Crippen MR) is 78.1 cm³/mol. The Labute approximate surface area is 120 Å². The Morgan fingerprint density at radius 1 is 1.21 bits per heavy atom. The van der Waals surface area contributed by atoms with Gasteiger partial charge in [0.05, 0.1) is 0 Å². The molecule has 0 saturated heterocycles. The molecule has 0 saturated carbocycles. The molecule has 0 aliphatic rings. The highest BCUT2D eigenvalue weighted by atomic mass is 79.9. The number of halogens is 2. The van der Waals surface area contributed by atoms with Crippen LogP contribution in [0.5, 0.6) is 11.5 Å². The molecule has 0 atom stereocenters. The summed E-state index contributed by atoms with van der Waals surface area (Å²) in [5.41, 5.74) is 1.54. The fourth-order valence-electron chi connectivity index (χ4n) is 1.79. The molecule has 2 nitrogen and oxygen atoms in total. The highest BCUT2D eigenvalue weighted by molar-refractivity contribution is 9.10. The van der Waals surface area contributed by atoms with Crippen LogP contribution in [0.15, 0.2) is 40.9 Å². The van der Waals surface area contributed by atoms with Crippen molar-refractivity contribution in [3.8, 4) is 11.5 Å². The van der Waals surface area contributed by atoms with Gasteiger partial charge in [0.15, 0.2) is 11.6 Å². The molecule has 0 aromatic heterocycles.